The largest absolute Gasteiger partial charge is 0.493 e. The van der Waals surface area contributed by atoms with Crippen molar-refractivity contribution < 1.29 is 18.9 Å². The minimum atomic E-state index is -0.529. The van der Waals surface area contributed by atoms with Crippen molar-refractivity contribution in [3.8, 4) is 23.8 Å². The van der Waals surface area contributed by atoms with Gasteiger partial charge >= 0.3 is 5.69 Å². The number of nitrogens with zero attached hydrogens (tertiary/aromatic N) is 2. The summed E-state index contributed by atoms with van der Waals surface area (Å²) in [5.74, 6) is 3.40. The van der Waals surface area contributed by atoms with E-state index in [1.807, 2.05) is 0 Å². The predicted octanol–water partition coefficient (Wildman–Crippen LogP) is 3.84. The molecule has 0 radical (unpaired) electrons. The third kappa shape index (κ3) is 3.75. The van der Waals surface area contributed by atoms with Crippen LogP contribution < -0.4 is 9.47 Å². The molecule has 0 N–H and O–H groups in total. The Balaban J connectivity index is 2.35. The molecule has 1 aromatic carbocycles. The van der Waals surface area contributed by atoms with Crippen molar-refractivity contribution in [2.24, 2.45) is 0 Å². The van der Waals surface area contributed by atoms with E-state index in [4.69, 9.17) is 20.4 Å². The normalized spacial score (nSPS) is 10.6. The summed E-state index contributed by atoms with van der Waals surface area (Å²) in [6.07, 6.45) is 8.30. The minimum absolute atomic E-state index is 0.0697. The molecule has 1 aromatic heterocycles. The number of ether oxygens (including phenoxy) is 2. The maximum atomic E-state index is 11.0. The van der Waals surface area contributed by atoms with Gasteiger partial charge in [-0.15, -0.1) is 6.42 Å². The van der Waals surface area contributed by atoms with Crippen LogP contribution >= 0.6 is 15.9 Å². The van der Waals surface area contributed by atoms with E-state index in [2.05, 4.69) is 27.0 Å². The summed E-state index contributed by atoms with van der Waals surface area (Å²) in [5, 5.41) is 14.6. The molecule has 0 saturated heterocycles. The van der Waals surface area contributed by atoms with E-state index in [1.54, 1.807) is 18.2 Å². The zero-order valence-corrected chi connectivity index (χ0v) is 14.5. The van der Waals surface area contributed by atoms with Crippen LogP contribution in [0.5, 0.6) is 11.5 Å². The molecule has 2 rings (SSSR count). The smallest absolute Gasteiger partial charge is 0.338 e. The van der Waals surface area contributed by atoms with Gasteiger partial charge in [0.2, 0.25) is 5.76 Å². The van der Waals surface area contributed by atoms with Crippen molar-refractivity contribution >= 4 is 33.8 Å². The molecule has 0 bridgehead atoms. The standard InChI is InChI=1S/C16H13BrN2O5/c1-4-7-23-16-12(17)8-11(9-14(16)22-3)5-6-13-15(19(20)21)10(2)18-24-13/h1,5-6,8-9H,7H2,2-3H3/b6-5+. The lowest BCUT2D eigenvalue weighted by Crippen LogP contribution is -1.98. The molecule has 7 nitrogen and oxygen atoms in total. The second-order valence-electron chi connectivity index (χ2n) is 4.60. The van der Waals surface area contributed by atoms with E-state index in [1.165, 1.54) is 20.1 Å². The number of rotatable bonds is 6. The Bertz CT molecular complexity index is 836. The van der Waals surface area contributed by atoms with Gasteiger partial charge < -0.3 is 14.0 Å². The summed E-state index contributed by atoms with van der Waals surface area (Å²) in [4.78, 5) is 10.5. The first-order chi connectivity index (χ1) is 11.5. The van der Waals surface area contributed by atoms with Crippen LogP contribution in [0.4, 0.5) is 5.69 Å². The summed E-state index contributed by atoms with van der Waals surface area (Å²) in [7, 11) is 1.50. The molecule has 8 heteroatoms. The fourth-order valence-corrected chi connectivity index (χ4v) is 2.55. The molecule has 0 aliphatic carbocycles. The molecular weight excluding hydrogens is 380 g/mol. The van der Waals surface area contributed by atoms with Crippen LogP contribution in [0.1, 0.15) is 17.0 Å². The number of aryl methyl sites for hydroxylation is 1. The quantitative estimate of drug-likeness (QED) is 0.421. The summed E-state index contributed by atoms with van der Waals surface area (Å²) in [5.41, 5.74) is 0.776. The van der Waals surface area contributed by atoms with Gasteiger partial charge in [-0.25, -0.2) is 0 Å². The topological polar surface area (TPSA) is 87.6 Å². The van der Waals surface area contributed by atoms with Gasteiger partial charge in [0.25, 0.3) is 0 Å². The van der Waals surface area contributed by atoms with Crippen LogP contribution in [0.2, 0.25) is 0 Å². The fourth-order valence-electron chi connectivity index (χ4n) is 1.98. The first kappa shape index (κ1) is 17.6. The third-order valence-electron chi connectivity index (χ3n) is 3.02. The van der Waals surface area contributed by atoms with Crippen molar-refractivity contribution in [3.63, 3.8) is 0 Å². The number of hydrogen-bond acceptors (Lipinski definition) is 6. The highest BCUT2D eigenvalue weighted by Gasteiger charge is 2.22. The van der Waals surface area contributed by atoms with Crippen molar-refractivity contribution in [3.05, 3.63) is 43.7 Å². The lowest BCUT2D eigenvalue weighted by atomic mass is 10.1. The molecule has 0 aliphatic rings. The molecule has 124 valence electrons. The molecule has 2 aromatic rings. The molecule has 0 unspecified atom stereocenters. The Morgan fingerprint density at radius 1 is 1.50 bits per heavy atom. The van der Waals surface area contributed by atoms with Crippen LogP contribution in [-0.2, 0) is 0 Å². The lowest BCUT2D eigenvalue weighted by molar-refractivity contribution is -0.386. The molecule has 24 heavy (non-hydrogen) atoms. The predicted molar refractivity (Wildman–Crippen MR) is 91.8 cm³/mol. The van der Waals surface area contributed by atoms with Crippen LogP contribution in [0, 0.1) is 29.4 Å². The molecule has 0 fully saturated rings. The highest BCUT2D eigenvalue weighted by molar-refractivity contribution is 9.10. The van der Waals surface area contributed by atoms with Gasteiger partial charge in [0.05, 0.1) is 16.5 Å². The van der Waals surface area contributed by atoms with Gasteiger partial charge in [-0.2, -0.15) is 0 Å². The highest BCUT2D eigenvalue weighted by atomic mass is 79.9. The van der Waals surface area contributed by atoms with Crippen LogP contribution in [0.3, 0.4) is 0 Å². The molecule has 0 amide bonds. The molecule has 0 saturated carbocycles. The number of aromatic nitrogens is 1. The number of methoxy groups -OCH3 is 1. The fraction of sp³-hybridized carbons (Fsp3) is 0.188. The van der Waals surface area contributed by atoms with E-state index in [9.17, 15) is 10.1 Å². The minimum Gasteiger partial charge on any atom is -0.493 e. The average molecular weight is 393 g/mol. The molecular formula is C16H13BrN2O5. The zero-order chi connectivity index (χ0) is 17.7. The molecule has 0 spiro atoms. The second-order valence-corrected chi connectivity index (χ2v) is 5.45. The maximum absolute atomic E-state index is 11.0. The van der Waals surface area contributed by atoms with Gasteiger partial charge in [-0.05, 0) is 46.6 Å². The van der Waals surface area contributed by atoms with E-state index < -0.39 is 4.92 Å². The van der Waals surface area contributed by atoms with E-state index >= 15 is 0 Å². The number of nitro groups is 1. The Hall–Kier alpha value is -2.79. The van der Waals surface area contributed by atoms with E-state index in [0.717, 1.165) is 5.56 Å². The van der Waals surface area contributed by atoms with Gasteiger partial charge in [-0.3, -0.25) is 10.1 Å². The van der Waals surface area contributed by atoms with E-state index in [0.29, 0.717) is 16.0 Å². The molecule has 0 atom stereocenters. The average Bonchev–Trinajstić information content (AvgIpc) is 2.92. The van der Waals surface area contributed by atoms with Gasteiger partial charge in [-0.1, -0.05) is 17.2 Å². The first-order valence-corrected chi connectivity index (χ1v) is 7.49. The SMILES string of the molecule is C#CCOc1c(Br)cc(/C=C/c2onc(C)c2[N+](=O)[O-])cc1OC. The Labute approximate surface area is 146 Å². The monoisotopic (exact) mass is 392 g/mol. The van der Waals surface area contributed by atoms with Crippen molar-refractivity contribution in [1.29, 1.82) is 0 Å². The first-order valence-electron chi connectivity index (χ1n) is 6.70. The number of hydrogen-bond donors (Lipinski definition) is 0. The van der Waals surface area contributed by atoms with Crippen LogP contribution in [-0.4, -0.2) is 23.8 Å². The number of halogens is 1. The summed E-state index contributed by atoms with van der Waals surface area (Å²) in [6.45, 7) is 1.61. The summed E-state index contributed by atoms with van der Waals surface area (Å²) < 4.78 is 16.3. The van der Waals surface area contributed by atoms with Gasteiger partial charge in [0.15, 0.2) is 17.2 Å². The number of benzene rings is 1. The number of terminal acetylenes is 1. The lowest BCUT2D eigenvalue weighted by Gasteiger charge is -2.11. The van der Waals surface area contributed by atoms with Crippen molar-refractivity contribution in [2.75, 3.05) is 13.7 Å². The van der Waals surface area contributed by atoms with Crippen molar-refractivity contribution in [1.82, 2.24) is 5.16 Å². The van der Waals surface area contributed by atoms with Crippen molar-refractivity contribution in [2.45, 2.75) is 6.92 Å². The van der Waals surface area contributed by atoms with Crippen LogP contribution in [0.15, 0.2) is 21.1 Å². The second kappa shape index (κ2) is 7.66. The van der Waals surface area contributed by atoms with Crippen LogP contribution in [0.25, 0.3) is 12.2 Å². The van der Waals surface area contributed by atoms with E-state index in [-0.39, 0.29) is 23.7 Å². The van der Waals surface area contributed by atoms with Gasteiger partial charge in [0, 0.05) is 0 Å². The van der Waals surface area contributed by atoms with Gasteiger partial charge in [0.1, 0.15) is 6.61 Å². The maximum Gasteiger partial charge on any atom is 0.338 e. The Morgan fingerprint density at radius 2 is 2.25 bits per heavy atom. The highest BCUT2D eigenvalue weighted by Crippen LogP contribution is 2.37. The summed E-state index contributed by atoms with van der Waals surface area (Å²) in [6, 6.07) is 3.47. The Morgan fingerprint density at radius 3 is 2.88 bits per heavy atom. The third-order valence-corrected chi connectivity index (χ3v) is 3.61. The Kier molecular flexibility index (Phi) is 5.60. The zero-order valence-electron chi connectivity index (χ0n) is 12.9. The molecule has 0 aliphatic heterocycles. The molecule has 1 heterocycles. The summed E-state index contributed by atoms with van der Waals surface area (Å²) >= 11 is 3.39.